The first-order chi connectivity index (χ1) is 6.65. The van der Waals surface area contributed by atoms with Gasteiger partial charge in [-0.05, 0) is 12.3 Å². The van der Waals surface area contributed by atoms with Crippen LogP contribution in [0.2, 0.25) is 0 Å². The molecular formula is C10H19BO3. The fourth-order valence-electron chi connectivity index (χ4n) is 3.29. The standard InChI is InChI=1S/C10H19BO3/c1-6-4-7-8(13-3)10(6,5-12-2)14-9(7)11/h6-9H,4-5,11H2,1-3H3/t6-,7?,8?,9?,10-/m1/s1. The largest absolute Gasteiger partial charge is 0.382 e. The van der Waals surface area contributed by atoms with Gasteiger partial charge in [0.25, 0.3) is 0 Å². The molecule has 0 amide bonds. The van der Waals surface area contributed by atoms with Crippen LogP contribution in [0.1, 0.15) is 13.3 Å². The summed E-state index contributed by atoms with van der Waals surface area (Å²) in [7, 11) is 5.65. The molecule has 1 aliphatic carbocycles. The van der Waals surface area contributed by atoms with Crippen LogP contribution in [0.3, 0.4) is 0 Å². The van der Waals surface area contributed by atoms with Crippen LogP contribution < -0.4 is 0 Å². The molecule has 0 spiro atoms. The minimum absolute atomic E-state index is 0.187. The monoisotopic (exact) mass is 198 g/mol. The third-order valence-corrected chi connectivity index (χ3v) is 3.96. The highest BCUT2D eigenvalue weighted by Gasteiger charge is 2.62. The number of hydrogen-bond donors (Lipinski definition) is 0. The molecule has 3 unspecified atom stereocenters. The van der Waals surface area contributed by atoms with E-state index < -0.39 is 0 Å². The van der Waals surface area contributed by atoms with E-state index in [0.717, 1.165) is 0 Å². The fraction of sp³-hybridized carbons (Fsp3) is 1.00. The van der Waals surface area contributed by atoms with Crippen molar-refractivity contribution in [3.63, 3.8) is 0 Å². The first-order valence-electron chi connectivity index (χ1n) is 5.35. The second-order valence-electron chi connectivity index (χ2n) is 4.67. The molecule has 1 aliphatic heterocycles. The van der Waals surface area contributed by atoms with Crippen molar-refractivity contribution >= 4 is 7.85 Å². The van der Waals surface area contributed by atoms with Gasteiger partial charge in [0.05, 0.1) is 12.7 Å². The van der Waals surface area contributed by atoms with E-state index in [1.165, 1.54) is 6.42 Å². The third-order valence-electron chi connectivity index (χ3n) is 3.96. The van der Waals surface area contributed by atoms with E-state index in [1.54, 1.807) is 14.2 Å². The maximum Gasteiger partial charge on any atom is 0.139 e. The van der Waals surface area contributed by atoms with E-state index in [1.807, 2.05) is 0 Å². The molecule has 1 saturated carbocycles. The van der Waals surface area contributed by atoms with Gasteiger partial charge in [-0.2, -0.15) is 0 Å². The summed E-state index contributed by atoms with van der Waals surface area (Å²) in [5.74, 6) is 1.08. The fourth-order valence-corrected chi connectivity index (χ4v) is 3.29. The molecule has 2 bridgehead atoms. The second-order valence-corrected chi connectivity index (χ2v) is 4.67. The van der Waals surface area contributed by atoms with Crippen molar-refractivity contribution in [2.75, 3.05) is 20.8 Å². The van der Waals surface area contributed by atoms with E-state index in [4.69, 9.17) is 14.2 Å². The summed E-state index contributed by atoms with van der Waals surface area (Å²) in [6, 6.07) is 0.311. The van der Waals surface area contributed by atoms with Crippen molar-refractivity contribution in [2.45, 2.75) is 31.1 Å². The highest BCUT2D eigenvalue weighted by molar-refractivity contribution is 6.11. The van der Waals surface area contributed by atoms with Crippen molar-refractivity contribution in [3.8, 4) is 0 Å². The average molecular weight is 198 g/mol. The molecule has 5 atom stereocenters. The Balaban J connectivity index is 2.25. The predicted molar refractivity (Wildman–Crippen MR) is 56.1 cm³/mol. The SMILES string of the molecule is BC1O[C@@]2(COC)C(OC)C1C[C@H]2C. The molecule has 80 valence electrons. The van der Waals surface area contributed by atoms with Crippen LogP contribution in [0.15, 0.2) is 0 Å². The maximum absolute atomic E-state index is 6.05. The number of ether oxygens (including phenoxy) is 3. The van der Waals surface area contributed by atoms with E-state index in [2.05, 4.69) is 14.8 Å². The molecule has 3 nitrogen and oxygen atoms in total. The van der Waals surface area contributed by atoms with E-state index >= 15 is 0 Å². The van der Waals surface area contributed by atoms with Gasteiger partial charge in [0.2, 0.25) is 0 Å². The zero-order chi connectivity index (χ0) is 10.3. The van der Waals surface area contributed by atoms with Gasteiger partial charge in [-0.25, -0.2) is 0 Å². The molecular weight excluding hydrogens is 179 g/mol. The van der Waals surface area contributed by atoms with Crippen LogP contribution in [-0.4, -0.2) is 46.4 Å². The molecule has 1 saturated heterocycles. The van der Waals surface area contributed by atoms with E-state index in [9.17, 15) is 0 Å². The highest BCUT2D eigenvalue weighted by Crippen LogP contribution is 2.52. The predicted octanol–water partition coefficient (Wildman–Crippen LogP) is 0.0320. The van der Waals surface area contributed by atoms with E-state index in [0.29, 0.717) is 24.4 Å². The molecule has 4 heteroatoms. The lowest BCUT2D eigenvalue weighted by molar-refractivity contribution is -0.139. The van der Waals surface area contributed by atoms with Crippen LogP contribution in [0, 0.1) is 11.8 Å². The lowest BCUT2D eigenvalue weighted by atomic mass is 9.84. The topological polar surface area (TPSA) is 27.7 Å². The molecule has 0 aromatic carbocycles. The Morgan fingerprint density at radius 2 is 2.21 bits per heavy atom. The third kappa shape index (κ3) is 1.17. The quantitative estimate of drug-likeness (QED) is 0.599. The molecule has 0 radical (unpaired) electrons. The summed E-state index contributed by atoms with van der Waals surface area (Å²) in [6.07, 6.45) is 1.41. The van der Waals surface area contributed by atoms with Crippen LogP contribution in [0.5, 0.6) is 0 Å². The smallest absolute Gasteiger partial charge is 0.139 e. The summed E-state index contributed by atoms with van der Waals surface area (Å²) >= 11 is 0. The summed E-state index contributed by atoms with van der Waals surface area (Å²) < 4.78 is 16.9. The Bertz CT molecular complexity index is 223. The van der Waals surface area contributed by atoms with Gasteiger partial charge in [0.15, 0.2) is 0 Å². The molecule has 0 N–H and O–H groups in total. The van der Waals surface area contributed by atoms with E-state index in [-0.39, 0.29) is 11.7 Å². The molecule has 14 heavy (non-hydrogen) atoms. The first-order valence-corrected chi connectivity index (χ1v) is 5.35. The van der Waals surface area contributed by atoms with Crippen molar-refractivity contribution in [1.29, 1.82) is 0 Å². The maximum atomic E-state index is 6.05. The lowest BCUT2D eigenvalue weighted by Gasteiger charge is -2.35. The molecule has 1 heterocycles. The van der Waals surface area contributed by atoms with Gasteiger partial charge in [-0.15, -0.1) is 0 Å². The van der Waals surface area contributed by atoms with Crippen molar-refractivity contribution in [2.24, 2.45) is 11.8 Å². The molecule has 2 fully saturated rings. The van der Waals surface area contributed by atoms with Crippen LogP contribution in [0.25, 0.3) is 0 Å². The molecule has 0 aromatic rings. The zero-order valence-electron chi connectivity index (χ0n) is 9.45. The summed E-state index contributed by atoms with van der Waals surface area (Å²) in [4.78, 5) is 0. The van der Waals surface area contributed by atoms with Crippen LogP contribution >= 0.6 is 0 Å². The minimum atomic E-state index is -0.187. The van der Waals surface area contributed by atoms with Crippen molar-refractivity contribution in [3.05, 3.63) is 0 Å². The van der Waals surface area contributed by atoms with Crippen LogP contribution in [-0.2, 0) is 14.2 Å². The molecule has 2 rings (SSSR count). The van der Waals surface area contributed by atoms with Gasteiger partial charge in [0, 0.05) is 26.1 Å². The molecule has 2 aliphatic rings. The number of hydrogen-bond acceptors (Lipinski definition) is 3. The Hall–Kier alpha value is -0.0551. The summed E-state index contributed by atoms with van der Waals surface area (Å²) in [5.41, 5.74) is -0.187. The lowest BCUT2D eigenvalue weighted by Crippen LogP contribution is -2.47. The molecule has 0 aromatic heterocycles. The Kier molecular flexibility index (Phi) is 2.62. The number of methoxy groups -OCH3 is 2. The Morgan fingerprint density at radius 3 is 2.79 bits per heavy atom. The van der Waals surface area contributed by atoms with Gasteiger partial charge in [0.1, 0.15) is 13.4 Å². The zero-order valence-corrected chi connectivity index (χ0v) is 9.45. The van der Waals surface area contributed by atoms with Gasteiger partial charge in [-0.3, -0.25) is 0 Å². The van der Waals surface area contributed by atoms with Gasteiger partial charge in [-0.1, -0.05) is 6.92 Å². The van der Waals surface area contributed by atoms with Gasteiger partial charge >= 0.3 is 0 Å². The Labute approximate surface area is 86.5 Å². The van der Waals surface area contributed by atoms with Crippen molar-refractivity contribution in [1.82, 2.24) is 0 Å². The highest BCUT2D eigenvalue weighted by atomic mass is 16.6. The Morgan fingerprint density at radius 1 is 1.50 bits per heavy atom. The van der Waals surface area contributed by atoms with Crippen molar-refractivity contribution < 1.29 is 14.2 Å². The average Bonchev–Trinajstić information content (AvgIpc) is 2.54. The number of fused-ring (bicyclic) bond motifs is 2. The second kappa shape index (κ2) is 3.51. The normalized spacial score (nSPS) is 51.4. The summed E-state index contributed by atoms with van der Waals surface area (Å²) in [6.45, 7) is 2.88. The van der Waals surface area contributed by atoms with Crippen LogP contribution in [0.4, 0.5) is 0 Å². The van der Waals surface area contributed by atoms with Gasteiger partial charge < -0.3 is 14.2 Å². The summed E-state index contributed by atoms with van der Waals surface area (Å²) in [5, 5.41) is 0. The number of rotatable bonds is 3. The minimum Gasteiger partial charge on any atom is -0.382 e. The first kappa shape index (κ1) is 10.5.